The van der Waals surface area contributed by atoms with Gasteiger partial charge >= 0.3 is 5.97 Å². The van der Waals surface area contributed by atoms with E-state index in [2.05, 4.69) is 0 Å². The highest BCUT2D eigenvalue weighted by Gasteiger charge is 2.14. The minimum Gasteiger partial charge on any atom is -0.497 e. The van der Waals surface area contributed by atoms with Crippen molar-refractivity contribution in [2.24, 2.45) is 0 Å². The number of carbonyl (C=O) groups is 1. The monoisotopic (exact) mass is 402 g/mol. The quantitative estimate of drug-likeness (QED) is 0.331. The van der Waals surface area contributed by atoms with Crippen LogP contribution >= 0.6 is 0 Å². The lowest BCUT2D eigenvalue weighted by Crippen LogP contribution is -2.09. The lowest BCUT2D eigenvalue weighted by Gasteiger charge is -2.14. The molecular formula is C26H26O4. The van der Waals surface area contributed by atoms with Gasteiger partial charge in [-0.1, -0.05) is 48.6 Å². The first-order chi connectivity index (χ1) is 14.6. The second-order valence-electron chi connectivity index (χ2n) is 6.81. The van der Waals surface area contributed by atoms with Crippen molar-refractivity contribution in [2.45, 2.75) is 20.0 Å². The molecule has 0 aliphatic carbocycles. The molecule has 0 spiro atoms. The third kappa shape index (κ3) is 5.51. The first-order valence-electron chi connectivity index (χ1n) is 9.90. The minimum atomic E-state index is -0.373. The molecule has 0 bridgehead atoms. The summed E-state index contributed by atoms with van der Waals surface area (Å²) in [7, 11) is 1.61. The standard InChI is InChI=1S/C26H26O4/c1-4-5-17-29-24-15-13-21(14-16-24)20-9-11-22(12-10-20)26(27)30-19(2)23-7-6-8-25(18-23)28-3/h4-16,18-19H,17H2,1-3H3/b5-4+/t19-/m0/s1. The molecule has 0 heterocycles. The fraction of sp³-hybridized carbons (Fsp3) is 0.192. The van der Waals surface area contributed by atoms with Crippen molar-refractivity contribution in [1.29, 1.82) is 0 Å². The van der Waals surface area contributed by atoms with E-state index >= 15 is 0 Å². The Labute approximate surface area is 177 Å². The first kappa shape index (κ1) is 21.2. The molecule has 3 aromatic carbocycles. The average molecular weight is 402 g/mol. The van der Waals surface area contributed by atoms with E-state index in [9.17, 15) is 4.79 Å². The highest BCUT2D eigenvalue weighted by atomic mass is 16.5. The van der Waals surface area contributed by atoms with E-state index in [-0.39, 0.29) is 12.1 Å². The van der Waals surface area contributed by atoms with Crippen LogP contribution in [0.2, 0.25) is 0 Å². The maximum absolute atomic E-state index is 12.5. The molecule has 0 fully saturated rings. The third-order valence-corrected chi connectivity index (χ3v) is 4.74. The molecule has 0 unspecified atom stereocenters. The van der Waals surface area contributed by atoms with Gasteiger partial charge in [-0.15, -0.1) is 0 Å². The highest BCUT2D eigenvalue weighted by Crippen LogP contribution is 2.25. The summed E-state index contributed by atoms with van der Waals surface area (Å²) in [6.07, 6.45) is 3.54. The van der Waals surface area contributed by atoms with Crippen molar-refractivity contribution in [3.05, 3.63) is 96.1 Å². The number of benzene rings is 3. The van der Waals surface area contributed by atoms with Gasteiger partial charge in [0.15, 0.2) is 0 Å². The van der Waals surface area contributed by atoms with Crippen LogP contribution in [0.3, 0.4) is 0 Å². The Hall–Kier alpha value is -3.53. The number of esters is 1. The van der Waals surface area contributed by atoms with E-state index < -0.39 is 0 Å². The Morgan fingerprint density at radius 2 is 1.60 bits per heavy atom. The van der Waals surface area contributed by atoms with Crippen LogP contribution in [0.5, 0.6) is 11.5 Å². The molecule has 4 nitrogen and oxygen atoms in total. The molecule has 0 radical (unpaired) electrons. The number of carbonyl (C=O) groups excluding carboxylic acids is 1. The van der Waals surface area contributed by atoms with Gasteiger partial charge in [-0.2, -0.15) is 0 Å². The molecule has 0 aliphatic heterocycles. The number of ether oxygens (including phenoxy) is 3. The summed E-state index contributed by atoms with van der Waals surface area (Å²) >= 11 is 0. The van der Waals surface area contributed by atoms with Gasteiger partial charge < -0.3 is 14.2 Å². The third-order valence-electron chi connectivity index (χ3n) is 4.74. The largest absolute Gasteiger partial charge is 0.497 e. The van der Waals surface area contributed by atoms with Crippen molar-refractivity contribution in [1.82, 2.24) is 0 Å². The predicted octanol–water partition coefficient (Wildman–Crippen LogP) is 6.24. The Morgan fingerprint density at radius 3 is 2.23 bits per heavy atom. The number of allylic oxidation sites excluding steroid dienone is 1. The number of hydrogen-bond acceptors (Lipinski definition) is 4. The molecule has 0 saturated carbocycles. The molecule has 30 heavy (non-hydrogen) atoms. The topological polar surface area (TPSA) is 44.8 Å². The summed E-state index contributed by atoms with van der Waals surface area (Å²) in [6.45, 7) is 4.37. The van der Waals surface area contributed by atoms with E-state index in [1.807, 2.05) is 86.7 Å². The Kier molecular flexibility index (Phi) is 7.28. The Morgan fingerprint density at radius 1 is 0.933 bits per heavy atom. The summed E-state index contributed by atoms with van der Waals surface area (Å²) in [5.41, 5.74) is 3.47. The molecule has 3 aromatic rings. The molecule has 1 atom stereocenters. The maximum Gasteiger partial charge on any atom is 0.338 e. The number of hydrogen-bond donors (Lipinski definition) is 0. The van der Waals surface area contributed by atoms with Gasteiger partial charge in [-0.3, -0.25) is 0 Å². The van der Waals surface area contributed by atoms with Crippen molar-refractivity contribution < 1.29 is 19.0 Å². The van der Waals surface area contributed by atoms with Crippen LogP contribution < -0.4 is 9.47 Å². The van der Waals surface area contributed by atoms with Crippen LogP contribution in [0, 0.1) is 0 Å². The summed E-state index contributed by atoms with van der Waals surface area (Å²) in [5, 5.41) is 0. The Balaban J connectivity index is 1.63. The van der Waals surface area contributed by atoms with Crippen LogP contribution in [0.1, 0.15) is 35.9 Å². The van der Waals surface area contributed by atoms with Gasteiger partial charge in [0.2, 0.25) is 0 Å². The van der Waals surface area contributed by atoms with Crippen LogP contribution in [0.25, 0.3) is 11.1 Å². The molecule has 0 saturated heterocycles. The van der Waals surface area contributed by atoms with Crippen molar-refractivity contribution in [3.8, 4) is 22.6 Å². The SMILES string of the molecule is C/C=C/COc1ccc(-c2ccc(C(=O)O[C@@H](C)c3cccc(OC)c3)cc2)cc1. The van der Waals surface area contributed by atoms with Crippen molar-refractivity contribution in [2.75, 3.05) is 13.7 Å². The van der Waals surface area contributed by atoms with Gasteiger partial charge in [-0.05, 0) is 66.9 Å². The second kappa shape index (κ2) is 10.3. The lowest BCUT2D eigenvalue weighted by atomic mass is 10.0. The van der Waals surface area contributed by atoms with E-state index in [1.165, 1.54) is 0 Å². The van der Waals surface area contributed by atoms with Crippen LogP contribution in [0.4, 0.5) is 0 Å². The second-order valence-corrected chi connectivity index (χ2v) is 6.81. The van der Waals surface area contributed by atoms with E-state index in [1.54, 1.807) is 19.2 Å². The molecule has 4 heteroatoms. The fourth-order valence-electron chi connectivity index (χ4n) is 2.97. The normalized spacial score (nSPS) is 11.8. The van der Waals surface area contributed by atoms with E-state index in [0.29, 0.717) is 12.2 Å². The highest BCUT2D eigenvalue weighted by molar-refractivity contribution is 5.90. The number of rotatable bonds is 8. The van der Waals surface area contributed by atoms with Crippen LogP contribution in [-0.2, 0) is 4.74 Å². The molecule has 3 rings (SSSR count). The van der Waals surface area contributed by atoms with Gasteiger partial charge in [0.05, 0.1) is 12.7 Å². The minimum absolute atomic E-state index is 0.357. The molecule has 154 valence electrons. The first-order valence-corrected chi connectivity index (χ1v) is 9.90. The summed E-state index contributed by atoms with van der Waals surface area (Å²) < 4.78 is 16.5. The fourth-order valence-corrected chi connectivity index (χ4v) is 2.97. The van der Waals surface area contributed by atoms with Gasteiger partial charge in [0, 0.05) is 0 Å². The van der Waals surface area contributed by atoms with Gasteiger partial charge in [0.1, 0.15) is 24.2 Å². The van der Waals surface area contributed by atoms with Gasteiger partial charge in [0.25, 0.3) is 0 Å². The predicted molar refractivity (Wildman–Crippen MR) is 119 cm³/mol. The molecule has 0 aromatic heterocycles. The zero-order valence-electron chi connectivity index (χ0n) is 17.5. The lowest BCUT2D eigenvalue weighted by molar-refractivity contribution is 0.0337. The zero-order valence-corrected chi connectivity index (χ0v) is 17.5. The van der Waals surface area contributed by atoms with E-state index in [0.717, 1.165) is 28.2 Å². The van der Waals surface area contributed by atoms with Gasteiger partial charge in [-0.25, -0.2) is 4.79 Å². The smallest absolute Gasteiger partial charge is 0.338 e. The Bertz CT molecular complexity index is 988. The average Bonchev–Trinajstić information content (AvgIpc) is 2.80. The van der Waals surface area contributed by atoms with E-state index in [4.69, 9.17) is 14.2 Å². The van der Waals surface area contributed by atoms with Crippen LogP contribution in [0.15, 0.2) is 84.9 Å². The maximum atomic E-state index is 12.5. The molecule has 0 amide bonds. The van der Waals surface area contributed by atoms with Crippen molar-refractivity contribution in [3.63, 3.8) is 0 Å². The number of methoxy groups -OCH3 is 1. The summed E-state index contributed by atoms with van der Waals surface area (Å²) in [6, 6.07) is 22.8. The van der Waals surface area contributed by atoms with Crippen molar-refractivity contribution >= 4 is 5.97 Å². The summed E-state index contributed by atoms with van der Waals surface area (Å²) in [5.74, 6) is 1.20. The molecule has 0 N–H and O–H groups in total. The summed E-state index contributed by atoms with van der Waals surface area (Å²) in [4.78, 5) is 12.5. The zero-order chi connectivity index (χ0) is 21.3. The molecular weight excluding hydrogens is 376 g/mol. The molecule has 0 aliphatic rings. The van der Waals surface area contributed by atoms with Crippen LogP contribution in [-0.4, -0.2) is 19.7 Å².